The van der Waals surface area contributed by atoms with Gasteiger partial charge in [0.1, 0.15) is 12.1 Å². The van der Waals surface area contributed by atoms with Crippen LogP contribution in [0.4, 0.5) is 0 Å². The van der Waals surface area contributed by atoms with Crippen molar-refractivity contribution >= 4 is 23.2 Å². The number of thiazole rings is 1. The number of piperazine rings is 1. The molecule has 2 amide bonds. The van der Waals surface area contributed by atoms with Crippen LogP contribution in [0.3, 0.4) is 0 Å². The zero-order valence-corrected chi connectivity index (χ0v) is 12.1. The van der Waals surface area contributed by atoms with Crippen molar-refractivity contribution in [1.29, 1.82) is 0 Å². The maximum Gasteiger partial charge on any atom is 0.245 e. The molecular formula is C13H19N3O2S. The van der Waals surface area contributed by atoms with Gasteiger partial charge in [0.05, 0.1) is 5.01 Å². The molecule has 19 heavy (non-hydrogen) atoms. The SMILES string of the molecule is CCCC1NC(=O)C(C)N(CCc2nccs2)C1=O. The quantitative estimate of drug-likeness (QED) is 0.882. The number of carbonyl (C=O) groups is 2. The fourth-order valence-corrected chi connectivity index (χ4v) is 2.88. The van der Waals surface area contributed by atoms with Crippen molar-refractivity contribution in [3.05, 3.63) is 16.6 Å². The van der Waals surface area contributed by atoms with E-state index in [1.165, 1.54) is 0 Å². The fraction of sp³-hybridized carbons (Fsp3) is 0.615. The van der Waals surface area contributed by atoms with Crippen molar-refractivity contribution in [3.63, 3.8) is 0 Å². The number of aromatic nitrogens is 1. The molecule has 2 unspecified atom stereocenters. The highest BCUT2D eigenvalue weighted by atomic mass is 32.1. The molecule has 1 fully saturated rings. The van der Waals surface area contributed by atoms with Crippen molar-refractivity contribution in [2.75, 3.05) is 6.54 Å². The van der Waals surface area contributed by atoms with Crippen molar-refractivity contribution in [2.24, 2.45) is 0 Å². The van der Waals surface area contributed by atoms with E-state index in [0.717, 1.165) is 11.4 Å². The molecule has 0 saturated carbocycles. The number of amides is 2. The molecule has 1 N–H and O–H groups in total. The molecule has 1 aromatic rings. The van der Waals surface area contributed by atoms with Crippen LogP contribution in [0.2, 0.25) is 0 Å². The largest absolute Gasteiger partial charge is 0.343 e. The van der Waals surface area contributed by atoms with Gasteiger partial charge in [-0.15, -0.1) is 11.3 Å². The monoisotopic (exact) mass is 281 g/mol. The Balaban J connectivity index is 2.02. The molecule has 1 aliphatic heterocycles. The molecule has 0 aromatic carbocycles. The lowest BCUT2D eigenvalue weighted by atomic mass is 10.0. The molecule has 0 radical (unpaired) electrons. The number of nitrogens with one attached hydrogen (secondary N) is 1. The lowest BCUT2D eigenvalue weighted by Crippen LogP contribution is -2.62. The summed E-state index contributed by atoms with van der Waals surface area (Å²) in [5.74, 6) is -0.0253. The Morgan fingerprint density at radius 3 is 2.89 bits per heavy atom. The van der Waals surface area contributed by atoms with E-state index >= 15 is 0 Å². The van der Waals surface area contributed by atoms with Gasteiger partial charge in [0, 0.05) is 24.5 Å². The van der Waals surface area contributed by atoms with E-state index in [9.17, 15) is 9.59 Å². The van der Waals surface area contributed by atoms with E-state index in [2.05, 4.69) is 10.3 Å². The van der Waals surface area contributed by atoms with Crippen LogP contribution in [0.15, 0.2) is 11.6 Å². The van der Waals surface area contributed by atoms with Gasteiger partial charge in [-0.3, -0.25) is 9.59 Å². The van der Waals surface area contributed by atoms with Crippen LogP contribution in [0.25, 0.3) is 0 Å². The summed E-state index contributed by atoms with van der Waals surface area (Å²) in [6.07, 6.45) is 4.05. The van der Waals surface area contributed by atoms with Gasteiger partial charge >= 0.3 is 0 Å². The van der Waals surface area contributed by atoms with Crippen molar-refractivity contribution in [2.45, 2.75) is 45.2 Å². The molecule has 1 aliphatic rings. The van der Waals surface area contributed by atoms with Gasteiger partial charge in [-0.1, -0.05) is 13.3 Å². The third-order valence-corrected chi connectivity index (χ3v) is 4.21. The molecule has 2 rings (SSSR count). The molecule has 0 spiro atoms. The second kappa shape index (κ2) is 6.14. The zero-order chi connectivity index (χ0) is 13.8. The minimum absolute atomic E-state index is 0.0329. The van der Waals surface area contributed by atoms with E-state index in [0.29, 0.717) is 19.4 Å². The van der Waals surface area contributed by atoms with Gasteiger partial charge in [0.2, 0.25) is 11.8 Å². The van der Waals surface area contributed by atoms with Gasteiger partial charge in [0.25, 0.3) is 0 Å². The number of carbonyl (C=O) groups excluding carboxylic acids is 2. The Labute approximate surface area is 117 Å². The van der Waals surface area contributed by atoms with Gasteiger partial charge in [-0.05, 0) is 13.3 Å². The molecule has 2 atom stereocenters. The van der Waals surface area contributed by atoms with Crippen LogP contribution >= 0.6 is 11.3 Å². The molecule has 2 heterocycles. The van der Waals surface area contributed by atoms with E-state index in [1.807, 2.05) is 12.3 Å². The normalized spacial score (nSPS) is 23.6. The van der Waals surface area contributed by atoms with Crippen molar-refractivity contribution in [1.82, 2.24) is 15.2 Å². The Bertz CT molecular complexity index is 447. The van der Waals surface area contributed by atoms with E-state index in [-0.39, 0.29) is 23.9 Å². The third-order valence-electron chi connectivity index (χ3n) is 3.37. The molecule has 0 aliphatic carbocycles. The fourth-order valence-electron chi connectivity index (χ4n) is 2.27. The Morgan fingerprint density at radius 1 is 1.47 bits per heavy atom. The van der Waals surface area contributed by atoms with Crippen LogP contribution in [0, 0.1) is 0 Å². The Morgan fingerprint density at radius 2 is 2.26 bits per heavy atom. The second-order valence-corrected chi connectivity index (χ2v) is 5.71. The molecular weight excluding hydrogens is 262 g/mol. The molecule has 5 nitrogen and oxygen atoms in total. The van der Waals surface area contributed by atoms with E-state index < -0.39 is 0 Å². The lowest BCUT2D eigenvalue weighted by molar-refractivity contribution is -0.148. The minimum Gasteiger partial charge on any atom is -0.343 e. The molecule has 1 saturated heterocycles. The first-order valence-electron chi connectivity index (χ1n) is 6.62. The second-order valence-electron chi connectivity index (χ2n) is 4.73. The van der Waals surface area contributed by atoms with Crippen LogP contribution in [0.1, 0.15) is 31.7 Å². The number of nitrogens with zero attached hydrogens (tertiary/aromatic N) is 2. The summed E-state index contributed by atoms with van der Waals surface area (Å²) in [5, 5.41) is 5.72. The number of hydrogen-bond donors (Lipinski definition) is 1. The molecule has 0 bridgehead atoms. The first-order valence-corrected chi connectivity index (χ1v) is 7.50. The van der Waals surface area contributed by atoms with Crippen LogP contribution in [-0.4, -0.2) is 40.3 Å². The van der Waals surface area contributed by atoms with Crippen molar-refractivity contribution < 1.29 is 9.59 Å². The van der Waals surface area contributed by atoms with Crippen LogP contribution in [-0.2, 0) is 16.0 Å². The summed E-state index contributed by atoms with van der Waals surface area (Å²) in [7, 11) is 0. The molecule has 6 heteroatoms. The number of rotatable bonds is 5. The zero-order valence-electron chi connectivity index (χ0n) is 11.3. The number of hydrogen-bond acceptors (Lipinski definition) is 4. The summed E-state index contributed by atoms with van der Waals surface area (Å²) in [6.45, 7) is 4.34. The predicted octanol–water partition coefficient (Wildman–Crippen LogP) is 1.20. The first kappa shape index (κ1) is 14.0. The summed E-state index contributed by atoms with van der Waals surface area (Å²) in [6, 6.07) is -0.745. The highest BCUT2D eigenvalue weighted by Crippen LogP contribution is 2.15. The van der Waals surface area contributed by atoms with Gasteiger partial charge < -0.3 is 10.2 Å². The summed E-state index contributed by atoms with van der Waals surface area (Å²) in [4.78, 5) is 30.1. The molecule has 104 valence electrons. The average molecular weight is 281 g/mol. The van der Waals surface area contributed by atoms with E-state index in [4.69, 9.17) is 0 Å². The lowest BCUT2D eigenvalue weighted by Gasteiger charge is -2.37. The minimum atomic E-state index is -0.388. The van der Waals surface area contributed by atoms with Crippen LogP contribution < -0.4 is 5.32 Å². The standard InChI is InChI=1S/C13H19N3O2S/c1-3-4-10-13(18)16(9(2)12(17)15-10)7-5-11-14-6-8-19-11/h6,8-10H,3-5,7H2,1-2H3,(H,15,17). The van der Waals surface area contributed by atoms with Gasteiger partial charge in [-0.2, -0.15) is 0 Å². The average Bonchev–Trinajstić information content (AvgIpc) is 2.89. The predicted molar refractivity (Wildman–Crippen MR) is 73.8 cm³/mol. The molecule has 1 aromatic heterocycles. The maximum absolute atomic E-state index is 12.3. The topological polar surface area (TPSA) is 62.3 Å². The Hall–Kier alpha value is -1.43. The first-order chi connectivity index (χ1) is 9.13. The van der Waals surface area contributed by atoms with Gasteiger partial charge in [-0.25, -0.2) is 4.98 Å². The third kappa shape index (κ3) is 3.12. The van der Waals surface area contributed by atoms with Crippen molar-refractivity contribution in [3.8, 4) is 0 Å². The summed E-state index contributed by atoms with van der Waals surface area (Å²) in [5.41, 5.74) is 0. The summed E-state index contributed by atoms with van der Waals surface area (Å²) >= 11 is 1.58. The summed E-state index contributed by atoms with van der Waals surface area (Å²) < 4.78 is 0. The smallest absolute Gasteiger partial charge is 0.245 e. The highest BCUT2D eigenvalue weighted by molar-refractivity contribution is 7.09. The van der Waals surface area contributed by atoms with E-state index in [1.54, 1.807) is 29.4 Å². The Kier molecular flexibility index (Phi) is 4.52. The maximum atomic E-state index is 12.3. The van der Waals surface area contributed by atoms with Crippen LogP contribution in [0.5, 0.6) is 0 Å². The van der Waals surface area contributed by atoms with Gasteiger partial charge in [0.15, 0.2) is 0 Å². The highest BCUT2D eigenvalue weighted by Gasteiger charge is 2.37.